The summed E-state index contributed by atoms with van der Waals surface area (Å²) >= 11 is 0. The van der Waals surface area contributed by atoms with Gasteiger partial charge >= 0.3 is 5.97 Å². The first-order valence-electron chi connectivity index (χ1n) is 8.84. The van der Waals surface area contributed by atoms with E-state index in [2.05, 4.69) is 20.4 Å². The van der Waals surface area contributed by atoms with Crippen molar-refractivity contribution in [3.05, 3.63) is 12.2 Å². The molecule has 0 bridgehead atoms. The first kappa shape index (κ1) is 17.5. The van der Waals surface area contributed by atoms with Crippen LogP contribution in [0, 0.1) is 23.2 Å². The van der Waals surface area contributed by atoms with Gasteiger partial charge in [0.1, 0.15) is 0 Å². The summed E-state index contributed by atoms with van der Waals surface area (Å²) in [7, 11) is 1.41. The van der Waals surface area contributed by atoms with Crippen LogP contribution >= 0.6 is 0 Å². The SMILES string of the molecule is C=C(CCC[C@@H](C)C1CC[C@H]2C(O)CCCC12C)C(=O)OC. The number of aliphatic hydroxyl groups excluding tert-OH is 1. The van der Waals surface area contributed by atoms with E-state index in [4.69, 9.17) is 4.74 Å². The Morgan fingerprint density at radius 2 is 2.14 bits per heavy atom. The average molecular weight is 308 g/mol. The van der Waals surface area contributed by atoms with E-state index in [1.165, 1.54) is 26.4 Å². The van der Waals surface area contributed by atoms with Crippen LogP contribution in [0.3, 0.4) is 0 Å². The van der Waals surface area contributed by atoms with Gasteiger partial charge in [-0.2, -0.15) is 0 Å². The van der Waals surface area contributed by atoms with Gasteiger partial charge in [-0.15, -0.1) is 0 Å². The van der Waals surface area contributed by atoms with Crippen LogP contribution in [0.4, 0.5) is 0 Å². The van der Waals surface area contributed by atoms with Crippen molar-refractivity contribution in [2.24, 2.45) is 23.2 Å². The molecule has 3 heteroatoms. The maximum atomic E-state index is 11.4. The summed E-state index contributed by atoms with van der Waals surface area (Å²) in [6.07, 6.45) is 8.60. The third kappa shape index (κ3) is 3.40. The van der Waals surface area contributed by atoms with Crippen LogP contribution in [-0.2, 0) is 9.53 Å². The molecule has 0 aromatic rings. The van der Waals surface area contributed by atoms with Crippen molar-refractivity contribution >= 4 is 5.97 Å². The maximum Gasteiger partial charge on any atom is 0.333 e. The lowest BCUT2D eigenvalue weighted by atomic mass is 9.61. The van der Waals surface area contributed by atoms with Gasteiger partial charge < -0.3 is 9.84 Å². The summed E-state index contributed by atoms with van der Waals surface area (Å²) in [5.74, 6) is 1.57. The Bertz CT molecular complexity index is 417. The molecule has 3 nitrogen and oxygen atoms in total. The Balaban J connectivity index is 1.86. The normalized spacial score (nSPS) is 35.7. The van der Waals surface area contributed by atoms with Gasteiger partial charge in [-0.3, -0.25) is 0 Å². The molecule has 2 fully saturated rings. The quantitative estimate of drug-likeness (QED) is 0.593. The standard InChI is InChI=1S/C19H32O3/c1-13(7-5-8-14(2)18(21)22-4)15-10-11-16-17(20)9-6-12-19(15,16)3/h13,15-17,20H,2,5-12H2,1,3-4H3/t13-,15?,16+,17?,19?/m1/s1. The zero-order valence-corrected chi connectivity index (χ0v) is 14.4. The summed E-state index contributed by atoms with van der Waals surface area (Å²) < 4.78 is 4.70. The number of ether oxygens (including phenoxy) is 1. The topological polar surface area (TPSA) is 46.5 Å². The predicted octanol–water partition coefficient (Wildman–Crippen LogP) is 4.10. The summed E-state index contributed by atoms with van der Waals surface area (Å²) in [6, 6.07) is 0. The monoisotopic (exact) mass is 308 g/mol. The minimum absolute atomic E-state index is 0.0879. The molecule has 0 heterocycles. The molecule has 0 aliphatic heterocycles. The summed E-state index contributed by atoms with van der Waals surface area (Å²) in [4.78, 5) is 11.4. The fraction of sp³-hybridized carbons (Fsp3) is 0.842. The second-order valence-electron chi connectivity index (χ2n) is 7.72. The highest BCUT2D eigenvalue weighted by atomic mass is 16.5. The van der Waals surface area contributed by atoms with Crippen molar-refractivity contribution in [1.82, 2.24) is 0 Å². The van der Waals surface area contributed by atoms with Gasteiger partial charge in [-0.05, 0) is 61.7 Å². The lowest BCUT2D eigenvalue weighted by Crippen LogP contribution is -2.41. The van der Waals surface area contributed by atoms with E-state index in [1.54, 1.807) is 0 Å². The second-order valence-corrected chi connectivity index (χ2v) is 7.72. The minimum Gasteiger partial charge on any atom is -0.466 e. The molecule has 22 heavy (non-hydrogen) atoms. The molecular weight excluding hydrogens is 276 g/mol. The molecule has 0 spiro atoms. The number of fused-ring (bicyclic) bond motifs is 1. The average Bonchev–Trinajstić information content (AvgIpc) is 2.84. The van der Waals surface area contributed by atoms with Crippen LogP contribution < -0.4 is 0 Å². The van der Waals surface area contributed by atoms with Crippen molar-refractivity contribution in [3.8, 4) is 0 Å². The number of hydrogen-bond donors (Lipinski definition) is 1. The van der Waals surface area contributed by atoms with Gasteiger partial charge in [0.15, 0.2) is 0 Å². The smallest absolute Gasteiger partial charge is 0.333 e. The fourth-order valence-electron chi connectivity index (χ4n) is 5.21. The van der Waals surface area contributed by atoms with Crippen molar-refractivity contribution in [2.75, 3.05) is 7.11 Å². The van der Waals surface area contributed by atoms with Crippen molar-refractivity contribution < 1.29 is 14.6 Å². The molecule has 3 unspecified atom stereocenters. The lowest BCUT2D eigenvalue weighted by molar-refractivity contribution is -0.136. The first-order chi connectivity index (χ1) is 10.4. The Labute approximate surface area is 135 Å². The number of rotatable bonds is 6. The Kier molecular flexibility index (Phi) is 5.70. The molecule has 0 radical (unpaired) electrons. The van der Waals surface area contributed by atoms with Crippen LogP contribution in [0.15, 0.2) is 12.2 Å². The predicted molar refractivity (Wildman–Crippen MR) is 88.3 cm³/mol. The second kappa shape index (κ2) is 7.16. The number of aliphatic hydroxyl groups is 1. The van der Waals surface area contributed by atoms with Gasteiger partial charge in [-0.1, -0.05) is 33.3 Å². The van der Waals surface area contributed by atoms with Gasteiger partial charge in [0.25, 0.3) is 0 Å². The molecule has 0 amide bonds. The molecule has 5 atom stereocenters. The van der Waals surface area contributed by atoms with Crippen molar-refractivity contribution in [2.45, 2.75) is 71.3 Å². The molecule has 2 rings (SSSR count). The Morgan fingerprint density at radius 1 is 1.41 bits per heavy atom. The van der Waals surface area contributed by atoms with E-state index >= 15 is 0 Å². The van der Waals surface area contributed by atoms with Crippen molar-refractivity contribution in [3.63, 3.8) is 0 Å². The number of esters is 1. The third-order valence-electron chi connectivity index (χ3n) is 6.46. The number of carbonyl (C=O) groups is 1. The van der Waals surface area contributed by atoms with Crippen LogP contribution in [0.25, 0.3) is 0 Å². The Hall–Kier alpha value is -0.830. The lowest BCUT2D eigenvalue weighted by Gasteiger charge is -2.45. The van der Waals surface area contributed by atoms with Crippen LogP contribution in [0.1, 0.15) is 65.2 Å². The van der Waals surface area contributed by atoms with Gasteiger partial charge in [-0.25, -0.2) is 4.79 Å². The van der Waals surface area contributed by atoms with Crippen LogP contribution in [-0.4, -0.2) is 24.3 Å². The Morgan fingerprint density at radius 3 is 2.82 bits per heavy atom. The number of carbonyl (C=O) groups excluding carboxylic acids is 1. The summed E-state index contributed by atoms with van der Waals surface area (Å²) in [5.41, 5.74) is 0.898. The van der Waals surface area contributed by atoms with Crippen LogP contribution in [0.5, 0.6) is 0 Å². The first-order valence-corrected chi connectivity index (χ1v) is 8.84. The van der Waals surface area contributed by atoms with Gasteiger partial charge in [0.2, 0.25) is 0 Å². The summed E-state index contributed by atoms with van der Waals surface area (Å²) in [5, 5.41) is 10.3. The molecule has 0 aromatic heterocycles. The number of methoxy groups -OCH3 is 1. The maximum absolute atomic E-state index is 11.4. The highest BCUT2D eigenvalue weighted by Gasteiger charge is 2.51. The van der Waals surface area contributed by atoms with E-state index in [0.717, 1.165) is 32.1 Å². The van der Waals surface area contributed by atoms with Crippen molar-refractivity contribution in [1.29, 1.82) is 0 Å². The summed E-state index contributed by atoms with van der Waals surface area (Å²) in [6.45, 7) is 8.55. The van der Waals surface area contributed by atoms with E-state index in [1.807, 2.05) is 0 Å². The molecule has 0 saturated heterocycles. The van der Waals surface area contributed by atoms with E-state index in [-0.39, 0.29) is 12.1 Å². The molecule has 0 aromatic carbocycles. The zero-order valence-electron chi connectivity index (χ0n) is 14.4. The van der Waals surface area contributed by atoms with E-state index in [9.17, 15) is 9.90 Å². The molecule has 2 aliphatic rings. The molecule has 1 N–H and O–H groups in total. The van der Waals surface area contributed by atoms with Gasteiger partial charge in [0.05, 0.1) is 13.2 Å². The third-order valence-corrected chi connectivity index (χ3v) is 6.46. The molecule has 126 valence electrons. The zero-order chi connectivity index (χ0) is 16.3. The van der Waals surface area contributed by atoms with E-state index in [0.29, 0.717) is 28.7 Å². The van der Waals surface area contributed by atoms with Crippen LogP contribution in [0.2, 0.25) is 0 Å². The molecule has 2 saturated carbocycles. The fourth-order valence-corrected chi connectivity index (χ4v) is 5.21. The number of hydrogen-bond acceptors (Lipinski definition) is 3. The largest absolute Gasteiger partial charge is 0.466 e. The van der Waals surface area contributed by atoms with E-state index < -0.39 is 0 Å². The van der Waals surface area contributed by atoms with Gasteiger partial charge in [0, 0.05) is 5.57 Å². The molecular formula is C19H32O3. The molecule has 2 aliphatic carbocycles. The highest BCUT2D eigenvalue weighted by Crippen LogP contribution is 2.58. The minimum atomic E-state index is -0.282. The highest BCUT2D eigenvalue weighted by molar-refractivity contribution is 5.87.